The second-order valence-electron chi connectivity index (χ2n) is 6.32. The fourth-order valence-corrected chi connectivity index (χ4v) is 3.26. The zero-order valence-electron chi connectivity index (χ0n) is 17.2. The van der Waals surface area contributed by atoms with Gasteiger partial charge in [0.25, 0.3) is 0 Å². The molecule has 0 aliphatic carbocycles. The number of nitrogens with zero attached hydrogens (tertiary/aromatic N) is 2. The molecule has 2 aromatic rings. The Kier molecular flexibility index (Phi) is 6.37. The Hall–Kier alpha value is -3.39. The van der Waals surface area contributed by atoms with Crippen molar-refractivity contribution in [3.63, 3.8) is 0 Å². The van der Waals surface area contributed by atoms with E-state index >= 15 is 0 Å². The van der Waals surface area contributed by atoms with Gasteiger partial charge in [-0.1, -0.05) is 23.7 Å². The van der Waals surface area contributed by atoms with Crippen molar-refractivity contribution < 1.29 is 14.2 Å². The predicted octanol–water partition coefficient (Wildman–Crippen LogP) is 2.00. The van der Waals surface area contributed by atoms with E-state index in [1.807, 2.05) is 43.4 Å². The van der Waals surface area contributed by atoms with Gasteiger partial charge in [-0.2, -0.15) is 0 Å². The van der Waals surface area contributed by atoms with Crippen LogP contribution in [0.2, 0.25) is 0 Å². The summed E-state index contributed by atoms with van der Waals surface area (Å²) in [5.41, 5.74) is 8.49. The topological polar surface area (TPSA) is 107 Å². The molecule has 1 aromatic carbocycles. The van der Waals surface area contributed by atoms with Crippen molar-refractivity contribution >= 4 is 33.9 Å². The molecule has 0 fully saturated rings. The summed E-state index contributed by atoms with van der Waals surface area (Å²) in [6, 6.07) is 5.44. The third-order valence-electron chi connectivity index (χ3n) is 4.52. The lowest BCUT2D eigenvalue weighted by Crippen LogP contribution is -2.34. The largest absolute Gasteiger partial charge is 0.494 e. The molecule has 2 heterocycles. The summed E-state index contributed by atoms with van der Waals surface area (Å²) in [5.74, 6) is 1.90. The number of methoxy groups -OCH3 is 2. The van der Waals surface area contributed by atoms with Crippen molar-refractivity contribution in [3.05, 3.63) is 53.1 Å². The number of halogens is 1. The van der Waals surface area contributed by atoms with Crippen LogP contribution in [-0.2, 0) is 4.74 Å². The number of para-hydroxylation sites is 1. The number of dihydropyridines is 1. The average molecular weight is 430 g/mol. The second-order valence-corrected chi connectivity index (χ2v) is 6.69. The number of anilines is 1. The first-order chi connectivity index (χ1) is 14.4. The summed E-state index contributed by atoms with van der Waals surface area (Å²) >= 11 is 6.02. The zero-order chi connectivity index (χ0) is 21.8. The van der Waals surface area contributed by atoms with Crippen LogP contribution < -0.4 is 31.4 Å². The second kappa shape index (κ2) is 8.96. The molecule has 1 aliphatic heterocycles. The van der Waals surface area contributed by atoms with E-state index in [-0.39, 0.29) is 11.0 Å². The SMILES string of the molecule is CCOC1=CC=CC(=c2nc(N)c(=C(C)C(=N)Cl)n2-c2c(OC)cccc2OC)N1. The zero-order valence-corrected chi connectivity index (χ0v) is 18.0. The Bertz CT molecular complexity index is 1140. The van der Waals surface area contributed by atoms with Crippen LogP contribution in [0.1, 0.15) is 13.8 Å². The lowest BCUT2D eigenvalue weighted by Gasteiger charge is -2.17. The molecule has 0 bridgehead atoms. The predicted molar refractivity (Wildman–Crippen MR) is 118 cm³/mol. The number of nitrogens with one attached hydrogen (secondary N) is 2. The van der Waals surface area contributed by atoms with E-state index in [1.165, 1.54) is 0 Å². The van der Waals surface area contributed by atoms with Crippen LogP contribution in [0.3, 0.4) is 0 Å². The van der Waals surface area contributed by atoms with Crippen LogP contribution in [0.5, 0.6) is 11.5 Å². The van der Waals surface area contributed by atoms with Crippen molar-refractivity contribution in [3.8, 4) is 17.2 Å². The molecule has 0 spiro atoms. The third-order valence-corrected chi connectivity index (χ3v) is 4.81. The molecule has 0 radical (unpaired) electrons. The van der Waals surface area contributed by atoms with Crippen molar-refractivity contribution in [2.24, 2.45) is 0 Å². The highest BCUT2D eigenvalue weighted by atomic mass is 35.5. The normalized spacial score (nSPS) is 15.8. The molecule has 30 heavy (non-hydrogen) atoms. The summed E-state index contributed by atoms with van der Waals surface area (Å²) in [7, 11) is 3.14. The van der Waals surface area contributed by atoms with Gasteiger partial charge in [0.2, 0.25) is 0 Å². The van der Waals surface area contributed by atoms with Gasteiger partial charge in [0.1, 0.15) is 22.4 Å². The highest BCUT2D eigenvalue weighted by Gasteiger charge is 2.21. The quantitative estimate of drug-likeness (QED) is 0.606. The first-order valence-corrected chi connectivity index (χ1v) is 9.64. The number of hydrogen-bond acceptors (Lipinski definition) is 7. The maximum Gasteiger partial charge on any atom is 0.191 e. The van der Waals surface area contributed by atoms with Crippen molar-refractivity contribution in [2.45, 2.75) is 13.8 Å². The van der Waals surface area contributed by atoms with Crippen LogP contribution in [0.25, 0.3) is 17.0 Å². The lowest BCUT2D eigenvalue weighted by atomic mass is 10.2. The summed E-state index contributed by atoms with van der Waals surface area (Å²) < 4.78 is 18.6. The van der Waals surface area contributed by atoms with Gasteiger partial charge in [-0.15, -0.1) is 0 Å². The highest BCUT2D eigenvalue weighted by molar-refractivity contribution is 6.74. The highest BCUT2D eigenvalue weighted by Crippen LogP contribution is 2.31. The first-order valence-electron chi connectivity index (χ1n) is 9.26. The van der Waals surface area contributed by atoms with Crippen LogP contribution in [0.4, 0.5) is 5.82 Å². The van der Waals surface area contributed by atoms with Gasteiger partial charge < -0.3 is 25.3 Å². The Morgan fingerprint density at radius 1 is 1.27 bits per heavy atom. The molecule has 4 N–H and O–H groups in total. The van der Waals surface area contributed by atoms with Gasteiger partial charge >= 0.3 is 0 Å². The van der Waals surface area contributed by atoms with Gasteiger partial charge in [-0.3, -0.25) is 9.98 Å². The van der Waals surface area contributed by atoms with E-state index in [9.17, 15) is 0 Å². The molecule has 9 heteroatoms. The van der Waals surface area contributed by atoms with E-state index < -0.39 is 0 Å². The fourth-order valence-electron chi connectivity index (χ4n) is 3.17. The molecule has 0 saturated carbocycles. The summed E-state index contributed by atoms with van der Waals surface area (Å²) in [6.45, 7) is 4.13. The maximum atomic E-state index is 7.93. The van der Waals surface area contributed by atoms with E-state index in [1.54, 1.807) is 25.7 Å². The molecule has 158 valence electrons. The number of hydrogen-bond donors (Lipinski definition) is 3. The molecule has 8 nitrogen and oxygen atoms in total. The summed E-state index contributed by atoms with van der Waals surface area (Å²) in [6.07, 6.45) is 5.53. The number of imidazole rings is 1. The monoisotopic (exact) mass is 429 g/mol. The number of rotatable bonds is 6. The van der Waals surface area contributed by atoms with E-state index in [0.717, 1.165) is 0 Å². The van der Waals surface area contributed by atoms with Crippen molar-refractivity contribution in [1.29, 1.82) is 5.41 Å². The maximum absolute atomic E-state index is 7.93. The Morgan fingerprint density at radius 3 is 2.50 bits per heavy atom. The lowest BCUT2D eigenvalue weighted by molar-refractivity contribution is 0.215. The molecule has 1 aromatic heterocycles. The van der Waals surface area contributed by atoms with Gasteiger partial charge in [-0.05, 0) is 38.1 Å². The van der Waals surface area contributed by atoms with Gasteiger partial charge in [0.15, 0.2) is 17.2 Å². The standard InChI is InChI=1S/C21H24ClN5O3/c1-5-30-16-11-6-8-13(25-16)21-26-20(24)17(12(2)19(22)23)27(21)18-14(28-3)9-7-10-15(18)29-4/h6-11,23,25H,5H2,1-4H3,(H2,24,26). The van der Waals surface area contributed by atoms with Crippen LogP contribution in [0, 0.1) is 5.41 Å². The summed E-state index contributed by atoms with van der Waals surface area (Å²) in [5, 5.41) is 11.5. The van der Waals surface area contributed by atoms with Crippen molar-refractivity contribution in [1.82, 2.24) is 14.9 Å². The minimum atomic E-state index is -0.143. The number of aromatic nitrogens is 2. The molecule has 0 unspecified atom stereocenters. The molecule has 0 saturated heterocycles. The summed E-state index contributed by atoms with van der Waals surface area (Å²) in [4.78, 5) is 4.58. The van der Waals surface area contributed by atoms with E-state index in [0.29, 0.717) is 51.8 Å². The average Bonchev–Trinajstić information content (AvgIpc) is 3.09. The molecular weight excluding hydrogens is 406 g/mol. The van der Waals surface area contributed by atoms with Crippen LogP contribution in [-0.4, -0.2) is 35.5 Å². The van der Waals surface area contributed by atoms with Crippen LogP contribution in [0.15, 0.2) is 42.3 Å². The molecule has 0 atom stereocenters. The Morgan fingerprint density at radius 2 is 1.93 bits per heavy atom. The van der Waals surface area contributed by atoms with Crippen molar-refractivity contribution in [2.75, 3.05) is 26.6 Å². The van der Waals surface area contributed by atoms with Gasteiger partial charge in [0.05, 0.1) is 31.9 Å². The van der Waals surface area contributed by atoms with Crippen LogP contribution >= 0.6 is 11.6 Å². The molecule has 0 amide bonds. The number of benzene rings is 1. The van der Waals surface area contributed by atoms with Gasteiger partial charge in [0, 0.05) is 5.57 Å². The number of nitrogens with two attached hydrogens (primary N) is 1. The fraction of sp³-hybridized carbons (Fsp3) is 0.238. The minimum absolute atomic E-state index is 0.143. The van der Waals surface area contributed by atoms with E-state index in [2.05, 4.69) is 10.3 Å². The third kappa shape index (κ3) is 3.86. The molecule has 3 rings (SSSR count). The first kappa shape index (κ1) is 21.3. The minimum Gasteiger partial charge on any atom is -0.494 e. The molecule has 1 aliphatic rings. The Balaban J connectivity index is 2.49. The van der Waals surface area contributed by atoms with E-state index in [4.69, 9.17) is 37.0 Å². The number of ether oxygens (including phenoxy) is 3. The number of allylic oxidation sites excluding steroid dienone is 2. The smallest absolute Gasteiger partial charge is 0.191 e. The van der Waals surface area contributed by atoms with Gasteiger partial charge in [-0.25, -0.2) is 4.98 Å². The Labute approximate surface area is 179 Å². The number of nitrogen functional groups attached to an aromatic ring is 1. The molecular formula is C21H24ClN5O3.